The largest absolute Gasteiger partial charge is 0.457 e. The summed E-state index contributed by atoms with van der Waals surface area (Å²) in [6, 6.07) is 17.5. The van der Waals surface area contributed by atoms with Gasteiger partial charge in [-0.25, -0.2) is 0 Å². The van der Waals surface area contributed by atoms with E-state index in [1.165, 1.54) is 0 Å². The van der Waals surface area contributed by atoms with Crippen LogP contribution in [0.1, 0.15) is 5.69 Å². The summed E-state index contributed by atoms with van der Waals surface area (Å²) >= 11 is 4.92. The maximum Gasteiger partial charge on any atom is 0.135 e. The summed E-state index contributed by atoms with van der Waals surface area (Å²) in [5.41, 5.74) is 6.13. The lowest BCUT2D eigenvalue weighted by atomic mass is 10.1. The molecule has 0 fully saturated rings. The van der Waals surface area contributed by atoms with Crippen molar-refractivity contribution in [2.24, 2.45) is 5.73 Å². The van der Waals surface area contributed by atoms with Gasteiger partial charge in [-0.15, -0.1) is 0 Å². The van der Waals surface area contributed by atoms with E-state index in [9.17, 15) is 0 Å². The minimum absolute atomic E-state index is 0.258. The van der Waals surface area contributed by atoms with E-state index < -0.39 is 0 Å². The predicted molar refractivity (Wildman–Crippen MR) is 84.1 cm³/mol. The number of ether oxygens (including phenoxy) is 1. The maximum absolute atomic E-state index is 5.93. The Morgan fingerprint density at radius 2 is 1.85 bits per heavy atom. The average Bonchev–Trinajstić information content (AvgIpc) is 2.48. The SMILES string of the molecule is NC(=S)c1cc(Oc2cccc3ccccc23)ccn1. The minimum Gasteiger partial charge on any atom is -0.457 e. The van der Waals surface area contributed by atoms with Crippen LogP contribution in [0.25, 0.3) is 10.8 Å². The van der Waals surface area contributed by atoms with E-state index >= 15 is 0 Å². The lowest BCUT2D eigenvalue weighted by Gasteiger charge is -2.09. The Labute approximate surface area is 122 Å². The zero-order valence-electron chi connectivity index (χ0n) is 10.6. The lowest BCUT2D eigenvalue weighted by molar-refractivity contribution is 0.487. The van der Waals surface area contributed by atoms with Crippen LogP contribution in [-0.2, 0) is 0 Å². The van der Waals surface area contributed by atoms with Gasteiger partial charge in [0.2, 0.25) is 0 Å². The Bertz CT molecular complexity index is 781. The van der Waals surface area contributed by atoms with E-state index in [0.29, 0.717) is 11.4 Å². The number of nitrogens with two attached hydrogens (primary N) is 1. The van der Waals surface area contributed by atoms with E-state index in [2.05, 4.69) is 17.1 Å². The first kappa shape index (κ1) is 12.6. The molecule has 0 saturated carbocycles. The van der Waals surface area contributed by atoms with Crippen molar-refractivity contribution in [3.63, 3.8) is 0 Å². The van der Waals surface area contributed by atoms with Crippen LogP contribution in [0.5, 0.6) is 11.5 Å². The van der Waals surface area contributed by atoms with Gasteiger partial charge in [-0.3, -0.25) is 4.98 Å². The summed E-state index contributed by atoms with van der Waals surface area (Å²) in [5, 5.41) is 2.19. The first-order valence-electron chi connectivity index (χ1n) is 6.15. The summed E-state index contributed by atoms with van der Waals surface area (Å²) < 4.78 is 5.93. The highest BCUT2D eigenvalue weighted by Crippen LogP contribution is 2.29. The van der Waals surface area contributed by atoms with Gasteiger partial charge < -0.3 is 10.5 Å². The van der Waals surface area contributed by atoms with Crippen molar-refractivity contribution in [1.82, 2.24) is 4.98 Å². The van der Waals surface area contributed by atoms with Gasteiger partial charge in [-0.1, -0.05) is 48.6 Å². The highest BCUT2D eigenvalue weighted by atomic mass is 32.1. The molecule has 3 rings (SSSR count). The van der Waals surface area contributed by atoms with Gasteiger partial charge in [0, 0.05) is 17.6 Å². The van der Waals surface area contributed by atoms with Gasteiger partial charge in [0.25, 0.3) is 0 Å². The number of thiocarbonyl (C=S) groups is 1. The van der Waals surface area contributed by atoms with Crippen molar-refractivity contribution in [3.8, 4) is 11.5 Å². The van der Waals surface area contributed by atoms with Crippen LogP contribution < -0.4 is 10.5 Å². The third kappa shape index (κ3) is 2.46. The van der Waals surface area contributed by atoms with Gasteiger partial charge in [0.15, 0.2) is 0 Å². The Balaban J connectivity index is 2.01. The summed E-state index contributed by atoms with van der Waals surface area (Å²) in [5.74, 6) is 1.46. The zero-order chi connectivity index (χ0) is 13.9. The summed E-state index contributed by atoms with van der Waals surface area (Å²) in [4.78, 5) is 4.35. The van der Waals surface area contributed by atoms with Crippen LogP contribution in [0.4, 0.5) is 0 Å². The molecule has 1 heterocycles. The Hall–Kier alpha value is -2.46. The average molecular weight is 280 g/mol. The monoisotopic (exact) mass is 280 g/mol. The third-order valence-electron chi connectivity index (χ3n) is 2.96. The maximum atomic E-state index is 5.93. The molecule has 0 aliphatic rings. The van der Waals surface area contributed by atoms with E-state index in [1.807, 2.05) is 30.3 Å². The van der Waals surface area contributed by atoms with Crippen molar-refractivity contribution in [2.45, 2.75) is 0 Å². The molecule has 1 aromatic heterocycles. The number of hydrogen-bond acceptors (Lipinski definition) is 3. The lowest BCUT2D eigenvalue weighted by Crippen LogP contribution is -2.11. The molecule has 0 aliphatic heterocycles. The standard InChI is InChI=1S/C16H12N2OS/c17-16(20)14-10-12(8-9-18-14)19-15-7-3-5-11-4-1-2-6-13(11)15/h1-10H,(H2,17,20). The van der Waals surface area contributed by atoms with Gasteiger partial charge in [-0.2, -0.15) is 0 Å². The molecule has 98 valence electrons. The minimum atomic E-state index is 0.258. The molecule has 2 N–H and O–H groups in total. The van der Waals surface area contributed by atoms with E-state index in [1.54, 1.807) is 18.3 Å². The second kappa shape index (κ2) is 5.27. The van der Waals surface area contributed by atoms with Crippen molar-refractivity contribution < 1.29 is 4.74 Å². The Kier molecular flexibility index (Phi) is 3.31. The first-order valence-corrected chi connectivity index (χ1v) is 6.56. The number of hydrogen-bond donors (Lipinski definition) is 1. The van der Waals surface area contributed by atoms with Crippen LogP contribution in [0, 0.1) is 0 Å². The van der Waals surface area contributed by atoms with Crippen molar-refractivity contribution in [3.05, 3.63) is 66.5 Å². The number of nitrogens with zero attached hydrogens (tertiary/aromatic N) is 1. The topological polar surface area (TPSA) is 48.1 Å². The zero-order valence-corrected chi connectivity index (χ0v) is 11.4. The Morgan fingerprint density at radius 3 is 2.70 bits per heavy atom. The highest BCUT2D eigenvalue weighted by molar-refractivity contribution is 7.80. The summed E-state index contributed by atoms with van der Waals surface area (Å²) in [6.45, 7) is 0. The number of pyridine rings is 1. The van der Waals surface area contributed by atoms with Crippen molar-refractivity contribution in [2.75, 3.05) is 0 Å². The Morgan fingerprint density at radius 1 is 1.05 bits per heavy atom. The molecule has 20 heavy (non-hydrogen) atoms. The van der Waals surface area contributed by atoms with E-state index in [4.69, 9.17) is 22.7 Å². The fourth-order valence-corrected chi connectivity index (χ4v) is 2.13. The second-order valence-electron chi connectivity index (χ2n) is 4.32. The van der Waals surface area contributed by atoms with Crippen LogP contribution in [-0.4, -0.2) is 9.97 Å². The van der Waals surface area contributed by atoms with Gasteiger partial charge in [0.05, 0.1) is 0 Å². The molecule has 0 saturated heterocycles. The molecule has 0 bridgehead atoms. The van der Waals surface area contributed by atoms with Crippen LogP contribution in [0.15, 0.2) is 60.8 Å². The van der Waals surface area contributed by atoms with Crippen LogP contribution in [0.2, 0.25) is 0 Å². The third-order valence-corrected chi connectivity index (χ3v) is 3.17. The van der Waals surface area contributed by atoms with Crippen LogP contribution >= 0.6 is 12.2 Å². The fraction of sp³-hybridized carbons (Fsp3) is 0. The van der Waals surface area contributed by atoms with Crippen molar-refractivity contribution in [1.29, 1.82) is 0 Å². The smallest absolute Gasteiger partial charge is 0.135 e. The van der Waals surface area contributed by atoms with Crippen molar-refractivity contribution >= 4 is 28.0 Å². The molecule has 0 radical (unpaired) electrons. The van der Waals surface area contributed by atoms with E-state index in [-0.39, 0.29) is 4.99 Å². The molecule has 2 aromatic carbocycles. The fourth-order valence-electron chi connectivity index (χ4n) is 2.02. The molecule has 4 heteroatoms. The first-order chi connectivity index (χ1) is 9.74. The quantitative estimate of drug-likeness (QED) is 0.744. The molecule has 0 spiro atoms. The molecule has 0 aliphatic carbocycles. The molecule has 3 nitrogen and oxygen atoms in total. The number of benzene rings is 2. The molecular weight excluding hydrogens is 268 g/mol. The van der Waals surface area contributed by atoms with Gasteiger partial charge >= 0.3 is 0 Å². The van der Waals surface area contributed by atoms with Crippen LogP contribution in [0.3, 0.4) is 0 Å². The van der Waals surface area contributed by atoms with E-state index in [0.717, 1.165) is 16.5 Å². The molecule has 3 aromatic rings. The molecule has 0 amide bonds. The number of fused-ring (bicyclic) bond motifs is 1. The molecule has 0 atom stereocenters. The summed E-state index contributed by atoms with van der Waals surface area (Å²) in [7, 11) is 0. The summed E-state index contributed by atoms with van der Waals surface area (Å²) in [6.07, 6.45) is 1.63. The van der Waals surface area contributed by atoms with Gasteiger partial charge in [-0.05, 0) is 17.5 Å². The highest BCUT2D eigenvalue weighted by Gasteiger charge is 2.05. The number of aromatic nitrogens is 1. The van der Waals surface area contributed by atoms with Gasteiger partial charge in [0.1, 0.15) is 22.2 Å². The predicted octanol–water partition coefficient (Wildman–Crippen LogP) is 3.66. The molecular formula is C16H12N2OS. The number of rotatable bonds is 3. The molecule has 0 unspecified atom stereocenters. The normalized spacial score (nSPS) is 10.4. The second-order valence-corrected chi connectivity index (χ2v) is 4.76.